The van der Waals surface area contributed by atoms with Crippen LogP contribution in [0.5, 0.6) is 23.1 Å². The van der Waals surface area contributed by atoms with Crippen LogP contribution in [0, 0.1) is 0 Å². The van der Waals surface area contributed by atoms with E-state index in [0.717, 1.165) is 24.3 Å². The number of benzene rings is 2. The van der Waals surface area contributed by atoms with Crippen molar-refractivity contribution in [3.8, 4) is 23.1 Å². The molecule has 0 saturated carbocycles. The summed E-state index contributed by atoms with van der Waals surface area (Å²) >= 11 is 0. The summed E-state index contributed by atoms with van der Waals surface area (Å²) in [6.07, 6.45) is 4.99. The molecule has 1 N–H and O–H groups in total. The summed E-state index contributed by atoms with van der Waals surface area (Å²) in [6, 6.07) is 19.6. The van der Waals surface area contributed by atoms with E-state index in [-0.39, 0.29) is 23.3 Å². The molecular formula is C29H31N3O5. The first-order valence-corrected chi connectivity index (χ1v) is 12.2. The van der Waals surface area contributed by atoms with Crippen LogP contribution in [0.4, 0.5) is 0 Å². The van der Waals surface area contributed by atoms with E-state index in [0.29, 0.717) is 31.1 Å². The van der Waals surface area contributed by atoms with Gasteiger partial charge in [-0.2, -0.15) is 0 Å². The van der Waals surface area contributed by atoms with Crippen molar-refractivity contribution in [2.24, 2.45) is 0 Å². The minimum atomic E-state index is -1.11. The van der Waals surface area contributed by atoms with Crippen molar-refractivity contribution in [2.45, 2.75) is 18.8 Å². The lowest BCUT2D eigenvalue weighted by molar-refractivity contribution is -0.127. The molecule has 0 bridgehead atoms. The van der Waals surface area contributed by atoms with Crippen molar-refractivity contribution in [1.29, 1.82) is 0 Å². The van der Waals surface area contributed by atoms with Gasteiger partial charge >= 0.3 is 5.97 Å². The van der Waals surface area contributed by atoms with Crippen LogP contribution in [0.25, 0.3) is 0 Å². The molecule has 0 unspecified atom stereocenters. The first-order valence-electron chi connectivity index (χ1n) is 12.2. The molecule has 0 atom stereocenters. The zero-order valence-corrected chi connectivity index (χ0v) is 21.0. The van der Waals surface area contributed by atoms with Gasteiger partial charge in [-0.25, -0.2) is 9.78 Å². The number of rotatable bonds is 9. The van der Waals surface area contributed by atoms with Crippen molar-refractivity contribution < 1.29 is 24.2 Å². The van der Waals surface area contributed by atoms with E-state index in [2.05, 4.69) is 4.98 Å². The van der Waals surface area contributed by atoms with Gasteiger partial charge in [-0.1, -0.05) is 24.3 Å². The normalized spacial score (nSPS) is 14.2. The second-order valence-electron chi connectivity index (χ2n) is 9.15. The second kappa shape index (κ2) is 12.2. The molecule has 1 amide bonds. The van der Waals surface area contributed by atoms with Crippen molar-refractivity contribution in [2.75, 3.05) is 33.7 Å². The summed E-state index contributed by atoms with van der Waals surface area (Å²) in [6.45, 7) is 1.96. The maximum Gasteiger partial charge on any atom is 0.341 e. The number of carboxylic acids is 1. The number of likely N-dealkylation sites (tertiary alicyclic amines) is 1. The Labute approximate surface area is 216 Å². The predicted octanol–water partition coefficient (Wildman–Crippen LogP) is 5.19. The number of ether oxygens (including phenoxy) is 2. The van der Waals surface area contributed by atoms with Gasteiger partial charge in [0, 0.05) is 37.3 Å². The number of carbonyl (C=O) groups excluding carboxylic acids is 1. The molecule has 1 saturated heterocycles. The lowest BCUT2D eigenvalue weighted by Gasteiger charge is -2.31. The summed E-state index contributed by atoms with van der Waals surface area (Å²) in [5, 5.41) is 9.66. The highest BCUT2D eigenvalue weighted by Crippen LogP contribution is 2.32. The quantitative estimate of drug-likeness (QED) is 0.404. The molecule has 1 aliphatic heterocycles. The number of piperidine rings is 1. The number of amides is 1. The molecule has 0 aliphatic carbocycles. The highest BCUT2D eigenvalue weighted by molar-refractivity contribution is 5.90. The zero-order chi connectivity index (χ0) is 26.2. The Morgan fingerprint density at radius 1 is 0.946 bits per heavy atom. The van der Waals surface area contributed by atoms with Gasteiger partial charge in [0.25, 0.3) is 0 Å². The minimum absolute atomic E-state index is 0.00740. The Hall–Kier alpha value is -4.17. The molecule has 1 aliphatic rings. The monoisotopic (exact) mass is 501 g/mol. The highest BCUT2D eigenvalue weighted by atomic mass is 16.5. The fourth-order valence-electron chi connectivity index (χ4n) is 4.10. The number of carboxylic acid groups (broad SMARTS) is 1. The lowest BCUT2D eigenvalue weighted by atomic mass is 9.92. The Morgan fingerprint density at radius 3 is 2.19 bits per heavy atom. The lowest BCUT2D eigenvalue weighted by Crippen LogP contribution is -2.37. The Bertz CT molecular complexity index is 1230. The third kappa shape index (κ3) is 7.17. The standard InChI is InChI=1S/C29H31N3O5/c1-31(2)18-6-9-27(33)32-19-16-21(17-20-32)26-15-14-25(29(34)35)28(30-26)37-24-12-10-23(11-13-24)36-22-7-4-3-5-8-22/h3-15,21H,16-20H2,1-2H3,(H,34,35)/b9-6+. The van der Waals surface area contributed by atoms with Gasteiger partial charge in [0.1, 0.15) is 22.8 Å². The van der Waals surface area contributed by atoms with Gasteiger partial charge < -0.3 is 24.4 Å². The molecule has 2 heterocycles. The van der Waals surface area contributed by atoms with Gasteiger partial charge in [0.05, 0.1) is 0 Å². The van der Waals surface area contributed by atoms with Crippen molar-refractivity contribution >= 4 is 11.9 Å². The number of likely N-dealkylation sites (N-methyl/N-ethyl adjacent to an activating group) is 1. The first kappa shape index (κ1) is 25.9. The first-order chi connectivity index (χ1) is 17.9. The van der Waals surface area contributed by atoms with Gasteiger partial charge in [-0.15, -0.1) is 0 Å². The van der Waals surface area contributed by atoms with E-state index in [9.17, 15) is 14.7 Å². The Kier molecular flexibility index (Phi) is 8.53. The molecule has 2 aromatic carbocycles. The largest absolute Gasteiger partial charge is 0.477 e. The Morgan fingerprint density at radius 2 is 1.57 bits per heavy atom. The topological polar surface area (TPSA) is 92.2 Å². The molecule has 1 aromatic heterocycles. The molecule has 4 rings (SSSR count). The van der Waals surface area contributed by atoms with Crippen LogP contribution in [-0.4, -0.2) is 65.5 Å². The maximum absolute atomic E-state index is 12.4. The fraction of sp³-hybridized carbons (Fsp3) is 0.276. The highest BCUT2D eigenvalue weighted by Gasteiger charge is 2.25. The van der Waals surface area contributed by atoms with E-state index in [1.54, 1.807) is 36.4 Å². The van der Waals surface area contributed by atoms with Gasteiger partial charge in [-0.3, -0.25) is 4.79 Å². The van der Waals surface area contributed by atoms with Gasteiger partial charge in [0.2, 0.25) is 11.8 Å². The molecule has 37 heavy (non-hydrogen) atoms. The molecule has 1 fully saturated rings. The molecule has 8 heteroatoms. The van der Waals surface area contributed by atoms with E-state index >= 15 is 0 Å². The molecular weight excluding hydrogens is 470 g/mol. The summed E-state index contributed by atoms with van der Waals surface area (Å²) in [5.74, 6) is 0.875. The average molecular weight is 502 g/mol. The number of aromatic nitrogens is 1. The second-order valence-corrected chi connectivity index (χ2v) is 9.15. The number of hydrogen-bond acceptors (Lipinski definition) is 6. The average Bonchev–Trinajstić information content (AvgIpc) is 2.90. The number of aromatic carboxylic acids is 1. The van der Waals surface area contributed by atoms with Crippen LogP contribution >= 0.6 is 0 Å². The number of pyridine rings is 1. The number of carbonyl (C=O) groups is 2. The van der Waals surface area contributed by atoms with E-state index < -0.39 is 5.97 Å². The zero-order valence-electron chi connectivity index (χ0n) is 21.0. The predicted molar refractivity (Wildman–Crippen MR) is 140 cm³/mol. The smallest absolute Gasteiger partial charge is 0.341 e. The van der Waals surface area contributed by atoms with Crippen LogP contribution in [0.15, 0.2) is 78.9 Å². The maximum atomic E-state index is 12.4. The molecule has 0 radical (unpaired) electrons. The molecule has 3 aromatic rings. The third-order valence-corrected chi connectivity index (χ3v) is 6.09. The fourth-order valence-corrected chi connectivity index (χ4v) is 4.10. The van der Waals surface area contributed by atoms with Crippen molar-refractivity contribution in [3.63, 3.8) is 0 Å². The van der Waals surface area contributed by atoms with Crippen molar-refractivity contribution in [1.82, 2.24) is 14.8 Å². The number of para-hydroxylation sites is 1. The summed E-state index contributed by atoms with van der Waals surface area (Å²) < 4.78 is 11.7. The van der Waals surface area contributed by atoms with Crippen molar-refractivity contribution in [3.05, 3.63) is 90.1 Å². The Balaban J connectivity index is 1.42. The number of nitrogens with zero attached hydrogens (tertiary/aromatic N) is 3. The van der Waals surface area contributed by atoms with E-state index in [4.69, 9.17) is 9.47 Å². The molecule has 192 valence electrons. The summed E-state index contributed by atoms with van der Waals surface area (Å²) in [7, 11) is 3.91. The SMILES string of the molecule is CN(C)C/C=C/C(=O)N1CCC(c2ccc(C(=O)O)c(Oc3ccc(Oc4ccccc4)cc3)n2)CC1. The van der Waals surface area contributed by atoms with Gasteiger partial charge in [-0.05, 0) is 75.5 Å². The summed E-state index contributed by atoms with van der Waals surface area (Å²) in [4.78, 5) is 32.7. The van der Waals surface area contributed by atoms with E-state index in [1.807, 2.05) is 60.3 Å². The minimum Gasteiger partial charge on any atom is -0.477 e. The molecule has 8 nitrogen and oxygen atoms in total. The number of hydrogen-bond donors (Lipinski definition) is 1. The van der Waals surface area contributed by atoms with Crippen LogP contribution in [-0.2, 0) is 4.79 Å². The van der Waals surface area contributed by atoms with Crippen LogP contribution < -0.4 is 9.47 Å². The molecule has 0 spiro atoms. The van der Waals surface area contributed by atoms with Crippen LogP contribution in [0.3, 0.4) is 0 Å². The van der Waals surface area contributed by atoms with Gasteiger partial charge in [0.15, 0.2) is 0 Å². The van der Waals surface area contributed by atoms with Crippen LogP contribution in [0.1, 0.15) is 34.8 Å². The third-order valence-electron chi connectivity index (χ3n) is 6.09. The van der Waals surface area contributed by atoms with E-state index in [1.165, 1.54) is 6.07 Å². The summed E-state index contributed by atoms with van der Waals surface area (Å²) in [5.41, 5.74) is 0.756. The van der Waals surface area contributed by atoms with Crippen LogP contribution in [0.2, 0.25) is 0 Å².